The molecular weight excluding hydrogens is 301 g/mol. The van der Waals surface area contributed by atoms with Crippen LogP contribution in [0.5, 0.6) is 0 Å². The number of hydrogen-bond acceptors (Lipinski definition) is 1. The van der Waals surface area contributed by atoms with Crippen molar-refractivity contribution in [2.45, 2.75) is 19.9 Å². The fraction of sp³-hybridized carbons (Fsp3) is 0.200. The topological polar surface area (TPSA) is 12.0 Å². The zero-order valence-corrected chi connectivity index (χ0v) is 12.9. The molecule has 1 unspecified atom stereocenters. The third-order valence-electron chi connectivity index (χ3n) is 3.06. The Bertz CT molecular complexity index is 596. The molecule has 0 aliphatic carbocycles. The molecule has 2 rings (SSSR count). The van der Waals surface area contributed by atoms with Crippen molar-refractivity contribution in [2.24, 2.45) is 0 Å². The van der Waals surface area contributed by atoms with E-state index < -0.39 is 0 Å². The zero-order valence-electron chi connectivity index (χ0n) is 10.7. The lowest BCUT2D eigenvalue weighted by atomic mass is 10.1. The van der Waals surface area contributed by atoms with E-state index in [9.17, 15) is 0 Å². The van der Waals surface area contributed by atoms with Crippen molar-refractivity contribution < 1.29 is 0 Å². The van der Waals surface area contributed by atoms with Crippen molar-refractivity contribution in [1.82, 2.24) is 0 Å². The monoisotopic (exact) mass is 313 g/mol. The molecule has 0 aromatic heterocycles. The van der Waals surface area contributed by atoms with Gasteiger partial charge < -0.3 is 5.32 Å². The molecule has 0 bridgehead atoms. The summed E-state index contributed by atoms with van der Waals surface area (Å²) in [5.74, 6) is 0. The van der Waals surface area contributed by atoms with Crippen LogP contribution in [0.25, 0.3) is 0 Å². The van der Waals surface area contributed by atoms with Crippen LogP contribution in [-0.2, 0) is 0 Å². The summed E-state index contributed by atoms with van der Waals surface area (Å²) in [5, 5.41) is 5.53. The summed E-state index contributed by atoms with van der Waals surface area (Å²) in [5.41, 5.74) is 2.98. The summed E-state index contributed by atoms with van der Waals surface area (Å²) in [4.78, 5) is 0. The van der Waals surface area contributed by atoms with Gasteiger partial charge in [-0.15, -0.1) is 0 Å². The highest BCUT2D eigenvalue weighted by atomic mass is 35.5. The van der Waals surface area contributed by atoms with Crippen molar-refractivity contribution >= 4 is 40.5 Å². The lowest BCUT2D eigenvalue weighted by Crippen LogP contribution is -2.08. The first-order chi connectivity index (χ1) is 8.99. The van der Waals surface area contributed by atoms with Crippen LogP contribution in [0.3, 0.4) is 0 Å². The van der Waals surface area contributed by atoms with Gasteiger partial charge in [0.2, 0.25) is 0 Å². The number of anilines is 1. The summed E-state index contributed by atoms with van der Waals surface area (Å²) in [6.45, 7) is 4.02. The van der Waals surface area contributed by atoms with Crippen LogP contribution in [0.2, 0.25) is 15.1 Å². The molecule has 4 heteroatoms. The largest absolute Gasteiger partial charge is 0.378 e. The molecule has 19 heavy (non-hydrogen) atoms. The maximum Gasteiger partial charge on any atom is 0.0501 e. The van der Waals surface area contributed by atoms with Crippen molar-refractivity contribution in [3.8, 4) is 0 Å². The second-order valence-corrected chi connectivity index (χ2v) is 5.70. The van der Waals surface area contributed by atoms with Gasteiger partial charge in [0.15, 0.2) is 0 Å². The Hall–Kier alpha value is -0.890. The number of benzene rings is 2. The van der Waals surface area contributed by atoms with Crippen LogP contribution in [-0.4, -0.2) is 0 Å². The van der Waals surface area contributed by atoms with Gasteiger partial charge in [-0.25, -0.2) is 0 Å². The Morgan fingerprint density at radius 2 is 1.74 bits per heavy atom. The minimum atomic E-state index is 0.0448. The molecule has 0 aliphatic rings. The summed E-state index contributed by atoms with van der Waals surface area (Å²) in [6, 6.07) is 11.3. The minimum Gasteiger partial charge on any atom is -0.378 e. The van der Waals surface area contributed by atoms with Crippen LogP contribution < -0.4 is 5.32 Å². The van der Waals surface area contributed by atoms with E-state index >= 15 is 0 Å². The van der Waals surface area contributed by atoms with E-state index in [2.05, 4.69) is 5.32 Å². The van der Waals surface area contributed by atoms with Crippen molar-refractivity contribution in [3.05, 3.63) is 62.6 Å². The molecule has 0 amide bonds. The van der Waals surface area contributed by atoms with Gasteiger partial charge in [0, 0.05) is 20.8 Å². The molecule has 1 atom stereocenters. The molecule has 0 heterocycles. The first-order valence-corrected chi connectivity index (χ1v) is 7.09. The summed E-state index contributed by atoms with van der Waals surface area (Å²) in [6.07, 6.45) is 0. The second kappa shape index (κ2) is 6.04. The number of hydrogen-bond donors (Lipinski definition) is 1. The summed E-state index contributed by atoms with van der Waals surface area (Å²) in [7, 11) is 0. The smallest absolute Gasteiger partial charge is 0.0501 e. The number of nitrogens with one attached hydrogen (secondary N) is 1. The molecule has 1 nitrogen and oxygen atoms in total. The van der Waals surface area contributed by atoms with E-state index in [-0.39, 0.29) is 6.04 Å². The molecule has 0 saturated heterocycles. The highest BCUT2D eigenvalue weighted by molar-refractivity contribution is 6.33. The maximum atomic E-state index is 6.20. The maximum absolute atomic E-state index is 6.20. The minimum absolute atomic E-state index is 0.0448. The molecule has 0 radical (unpaired) electrons. The molecule has 2 aromatic rings. The zero-order chi connectivity index (χ0) is 14.0. The van der Waals surface area contributed by atoms with Gasteiger partial charge in [-0.3, -0.25) is 0 Å². The van der Waals surface area contributed by atoms with Gasteiger partial charge >= 0.3 is 0 Å². The molecular formula is C15H14Cl3N. The Balaban J connectivity index is 2.28. The van der Waals surface area contributed by atoms with Gasteiger partial charge in [-0.1, -0.05) is 40.9 Å². The van der Waals surface area contributed by atoms with Crippen LogP contribution in [0.15, 0.2) is 36.4 Å². The van der Waals surface area contributed by atoms with Crippen LogP contribution >= 0.6 is 34.8 Å². The molecule has 100 valence electrons. The highest BCUT2D eigenvalue weighted by Crippen LogP contribution is 2.31. The number of rotatable bonds is 3. The fourth-order valence-electron chi connectivity index (χ4n) is 1.92. The molecule has 0 saturated carbocycles. The molecule has 0 spiro atoms. The predicted molar refractivity (Wildman–Crippen MR) is 84.7 cm³/mol. The fourth-order valence-corrected chi connectivity index (χ4v) is 2.56. The molecule has 0 fully saturated rings. The van der Waals surface area contributed by atoms with E-state index in [0.717, 1.165) is 21.8 Å². The van der Waals surface area contributed by atoms with E-state index in [0.29, 0.717) is 10.0 Å². The standard InChI is InChI=1S/C15H14Cl3N/c1-9-13(17)4-3-5-15(9)19-10(2)12-8-11(16)6-7-14(12)18/h3-8,10,19H,1-2H3. The normalized spacial score (nSPS) is 12.3. The van der Waals surface area contributed by atoms with Crippen LogP contribution in [0, 0.1) is 6.92 Å². The molecule has 1 N–H and O–H groups in total. The predicted octanol–water partition coefficient (Wildman–Crippen LogP) is 6.13. The third kappa shape index (κ3) is 3.36. The van der Waals surface area contributed by atoms with Crippen molar-refractivity contribution in [2.75, 3.05) is 5.32 Å². The Morgan fingerprint density at radius 3 is 2.47 bits per heavy atom. The summed E-state index contributed by atoms with van der Waals surface area (Å²) < 4.78 is 0. The van der Waals surface area contributed by atoms with Crippen LogP contribution in [0.1, 0.15) is 24.1 Å². The Labute approximate surface area is 128 Å². The number of halogens is 3. The average molecular weight is 315 g/mol. The van der Waals surface area contributed by atoms with Gasteiger partial charge in [0.25, 0.3) is 0 Å². The molecule has 0 aliphatic heterocycles. The first kappa shape index (κ1) is 14.5. The molecule has 2 aromatic carbocycles. The van der Waals surface area contributed by atoms with E-state index in [1.165, 1.54) is 0 Å². The lowest BCUT2D eigenvalue weighted by molar-refractivity contribution is 0.883. The highest BCUT2D eigenvalue weighted by Gasteiger charge is 2.12. The van der Waals surface area contributed by atoms with Gasteiger partial charge in [0.1, 0.15) is 0 Å². The Kier molecular flexibility index (Phi) is 4.62. The Morgan fingerprint density at radius 1 is 1.00 bits per heavy atom. The van der Waals surface area contributed by atoms with Crippen molar-refractivity contribution in [3.63, 3.8) is 0 Å². The second-order valence-electron chi connectivity index (χ2n) is 4.44. The first-order valence-electron chi connectivity index (χ1n) is 5.95. The quantitative estimate of drug-likeness (QED) is 0.718. The van der Waals surface area contributed by atoms with E-state index in [4.69, 9.17) is 34.8 Å². The summed E-state index contributed by atoms with van der Waals surface area (Å²) >= 11 is 18.3. The van der Waals surface area contributed by atoms with Gasteiger partial charge in [-0.05, 0) is 55.3 Å². The van der Waals surface area contributed by atoms with Crippen molar-refractivity contribution in [1.29, 1.82) is 0 Å². The third-order valence-corrected chi connectivity index (χ3v) is 4.05. The lowest BCUT2D eigenvalue weighted by Gasteiger charge is -2.19. The average Bonchev–Trinajstić information content (AvgIpc) is 2.38. The SMILES string of the molecule is Cc1c(Cl)cccc1NC(C)c1cc(Cl)ccc1Cl. The van der Waals surface area contributed by atoms with E-state index in [1.54, 1.807) is 6.07 Å². The van der Waals surface area contributed by atoms with Gasteiger partial charge in [0.05, 0.1) is 6.04 Å². The van der Waals surface area contributed by atoms with E-state index in [1.807, 2.05) is 44.2 Å². The van der Waals surface area contributed by atoms with Crippen LogP contribution in [0.4, 0.5) is 5.69 Å². The van der Waals surface area contributed by atoms with Gasteiger partial charge in [-0.2, -0.15) is 0 Å².